The van der Waals surface area contributed by atoms with Crippen molar-refractivity contribution < 1.29 is 4.79 Å². The summed E-state index contributed by atoms with van der Waals surface area (Å²) in [6, 6.07) is 14.1. The fourth-order valence-electron chi connectivity index (χ4n) is 3.10. The van der Waals surface area contributed by atoms with Crippen molar-refractivity contribution in [1.29, 1.82) is 0 Å². The molecule has 0 radical (unpaired) electrons. The number of carbonyl (C=O) groups excluding carboxylic acids is 1. The lowest BCUT2D eigenvalue weighted by atomic mass is 10.1. The highest BCUT2D eigenvalue weighted by molar-refractivity contribution is 6.35. The number of anilines is 1. The molecule has 0 aliphatic heterocycles. The van der Waals surface area contributed by atoms with Gasteiger partial charge in [0.1, 0.15) is 5.69 Å². The van der Waals surface area contributed by atoms with E-state index in [4.69, 9.17) is 23.2 Å². The lowest BCUT2D eigenvalue weighted by Gasteiger charge is -2.14. The van der Waals surface area contributed by atoms with E-state index < -0.39 is 0 Å². The minimum Gasteiger partial charge on any atom is -0.317 e. The van der Waals surface area contributed by atoms with E-state index in [1.165, 1.54) is 0 Å². The standard InChI is InChI=1S/C23H22Cl2N2O2/c1-3-4-11-27-14-16(19-13-17(24)9-10-20(19)25)12-21(23(27)29)26-22(28)18-8-6-5-7-15(18)2/h5-10,12-14H,3-4,11H2,1-2H3,(H,26,28). The zero-order chi connectivity index (χ0) is 21.0. The first-order chi connectivity index (χ1) is 13.9. The van der Waals surface area contributed by atoms with E-state index in [1.807, 2.05) is 19.1 Å². The number of rotatable bonds is 6. The molecule has 2 aromatic carbocycles. The molecule has 0 saturated heterocycles. The van der Waals surface area contributed by atoms with Gasteiger partial charge in [-0.1, -0.05) is 54.7 Å². The van der Waals surface area contributed by atoms with E-state index >= 15 is 0 Å². The summed E-state index contributed by atoms with van der Waals surface area (Å²) in [5, 5.41) is 3.84. The molecule has 0 unspecified atom stereocenters. The van der Waals surface area contributed by atoms with Crippen LogP contribution < -0.4 is 10.9 Å². The summed E-state index contributed by atoms with van der Waals surface area (Å²) in [7, 11) is 0. The molecule has 4 nitrogen and oxygen atoms in total. The Balaban J connectivity index is 2.08. The van der Waals surface area contributed by atoms with Crippen LogP contribution in [-0.2, 0) is 6.54 Å². The third-order valence-electron chi connectivity index (χ3n) is 4.72. The van der Waals surface area contributed by atoms with E-state index in [-0.39, 0.29) is 17.2 Å². The van der Waals surface area contributed by atoms with Crippen LogP contribution in [0.1, 0.15) is 35.7 Å². The lowest BCUT2D eigenvalue weighted by molar-refractivity contribution is 0.102. The lowest BCUT2D eigenvalue weighted by Crippen LogP contribution is -2.26. The van der Waals surface area contributed by atoms with Gasteiger partial charge in [0.25, 0.3) is 11.5 Å². The van der Waals surface area contributed by atoms with Crippen LogP contribution in [0.3, 0.4) is 0 Å². The van der Waals surface area contributed by atoms with Gasteiger partial charge in [-0.25, -0.2) is 0 Å². The summed E-state index contributed by atoms with van der Waals surface area (Å²) in [6.45, 7) is 4.47. The Bertz CT molecular complexity index is 1110. The maximum atomic E-state index is 13.0. The van der Waals surface area contributed by atoms with Crippen molar-refractivity contribution in [2.24, 2.45) is 0 Å². The van der Waals surface area contributed by atoms with Gasteiger partial charge < -0.3 is 9.88 Å². The van der Waals surface area contributed by atoms with Gasteiger partial charge in [-0.15, -0.1) is 0 Å². The molecule has 0 fully saturated rings. The van der Waals surface area contributed by atoms with Crippen molar-refractivity contribution in [1.82, 2.24) is 4.57 Å². The second-order valence-electron chi connectivity index (χ2n) is 6.89. The summed E-state index contributed by atoms with van der Waals surface area (Å²) >= 11 is 12.5. The SMILES string of the molecule is CCCCn1cc(-c2cc(Cl)ccc2Cl)cc(NC(=O)c2ccccc2C)c1=O. The number of nitrogens with zero attached hydrogens (tertiary/aromatic N) is 1. The van der Waals surface area contributed by atoms with Gasteiger partial charge in [0.15, 0.2) is 0 Å². The average molecular weight is 429 g/mol. The van der Waals surface area contributed by atoms with Gasteiger partial charge in [-0.05, 0) is 49.2 Å². The molecule has 0 saturated carbocycles. The van der Waals surface area contributed by atoms with Crippen LogP contribution in [-0.4, -0.2) is 10.5 Å². The number of aryl methyl sites for hydroxylation is 2. The molecule has 1 heterocycles. The van der Waals surface area contributed by atoms with E-state index in [2.05, 4.69) is 12.2 Å². The van der Waals surface area contributed by atoms with Crippen LogP contribution in [0.2, 0.25) is 10.0 Å². The van der Waals surface area contributed by atoms with Crippen LogP contribution in [0, 0.1) is 6.92 Å². The minimum atomic E-state index is -0.323. The number of benzene rings is 2. The van der Waals surface area contributed by atoms with E-state index in [0.717, 1.165) is 18.4 Å². The van der Waals surface area contributed by atoms with Gasteiger partial charge in [0, 0.05) is 39.5 Å². The molecule has 0 atom stereocenters. The molecule has 6 heteroatoms. The Morgan fingerprint density at radius 3 is 2.59 bits per heavy atom. The first-order valence-corrected chi connectivity index (χ1v) is 10.2. The molecule has 29 heavy (non-hydrogen) atoms. The molecule has 1 amide bonds. The third kappa shape index (κ3) is 4.89. The maximum absolute atomic E-state index is 13.0. The number of hydrogen-bond donors (Lipinski definition) is 1. The molecular weight excluding hydrogens is 407 g/mol. The largest absolute Gasteiger partial charge is 0.317 e. The predicted molar refractivity (Wildman–Crippen MR) is 120 cm³/mol. The van der Waals surface area contributed by atoms with Crippen molar-refractivity contribution in [2.75, 3.05) is 5.32 Å². The number of pyridine rings is 1. The molecular formula is C23H22Cl2N2O2. The molecule has 150 valence electrons. The van der Waals surface area contributed by atoms with Crippen LogP contribution in [0.15, 0.2) is 59.5 Å². The molecule has 0 aliphatic rings. The third-order valence-corrected chi connectivity index (χ3v) is 5.28. The normalized spacial score (nSPS) is 10.8. The van der Waals surface area contributed by atoms with Crippen molar-refractivity contribution in [3.8, 4) is 11.1 Å². The van der Waals surface area contributed by atoms with Gasteiger partial charge in [0.05, 0.1) is 0 Å². The van der Waals surface area contributed by atoms with Gasteiger partial charge in [-0.2, -0.15) is 0 Å². The highest BCUT2D eigenvalue weighted by Gasteiger charge is 2.15. The summed E-state index contributed by atoms with van der Waals surface area (Å²) in [4.78, 5) is 25.7. The van der Waals surface area contributed by atoms with Crippen molar-refractivity contribution in [3.05, 3.63) is 86.3 Å². The smallest absolute Gasteiger partial charge is 0.274 e. The monoisotopic (exact) mass is 428 g/mol. The number of unbranched alkanes of at least 4 members (excludes halogenated alkanes) is 1. The van der Waals surface area contributed by atoms with Gasteiger partial charge in [0.2, 0.25) is 0 Å². The summed E-state index contributed by atoms with van der Waals surface area (Å²) in [5.74, 6) is -0.323. The van der Waals surface area contributed by atoms with Gasteiger partial charge >= 0.3 is 0 Å². The molecule has 0 bridgehead atoms. The van der Waals surface area contributed by atoms with Crippen molar-refractivity contribution in [3.63, 3.8) is 0 Å². The molecule has 0 spiro atoms. The van der Waals surface area contributed by atoms with Crippen molar-refractivity contribution >= 4 is 34.8 Å². The Hall–Kier alpha value is -2.56. The number of aromatic nitrogens is 1. The van der Waals surface area contributed by atoms with E-state index in [9.17, 15) is 9.59 Å². The number of hydrogen-bond acceptors (Lipinski definition) is 2. The quantitative estimate of drug-likeness (QED) is 0.509. The second kappa shape index (κ2) is 9.29. The first kappa shape index (κ1) is 21.2. The number of nitrogens with one attached hydrogen (secondary N) is 1. The van der Waals surface area contributed by atoms with Crippen LogP contribution in [0.5, 0.6) is 0 Å². The van der Waals surface area contributed by atoms with Crippen LogP contribution in [0.25, 0.3) is 11.1 Å². The average Bonchev–Trinajstić information content (AvgIpc) is 2.70. The molecule has 3 aromatic rings. The second-order valence-corrected chi connectivity index (χ2v) is 7.73. The van der Waals surface area contributed by atoms with E-state index in [1.54, 1.807) is 47.2 Å². The van der Waals surface area contributed by atoms with Gasteiger partial charge in [-0.3, -0.25) is 9.59 Å². The molecule has 3 rings (SSSR count). The van der Waals surface area contributed by atoms with Crippen LogP contribution in [0.4, 0.5) is 5.69 Å². The van der Waals surface area contributed by atoms with E-state index in [0.29, 0.717) is 33.3 Å². The first-order valence-electron chi connectivity index (χ1n) is 9.47. The molecule has 0 aliphatic carbocycles. The Morgan fingerprint density at radius 1 is 1.10 bits per heavy atom. The summed E-state index contributed by atoms with van der Waals surface area (Å²) in [5.41, 5.74) is 2.75. The maximum Gasteiger partial charge on any atom is 0.274 e. The molecule has 1 N–H and O–H groups in total. The highest BCUT2D eigenvalue weighted by Crippen LogP contribution is 2.31. The summed E-state index contributed by atoms with van der Waals surface area (Å²) < 4.78 is 1.61. The number of halogens is 2. The van der Waals surface area contributed by atoms with Crippen molar-refractivity contribution in [2.45, 2.75) is 33.2 Å². The minimum absolute atomic E-state index is 0.211. The fourth-order valence-corrected chi connectivity index (χ4v) is 3.50. The number of amides is 1. The fraction of sp³-hybridized carbons (Fsp3) is 0.217. The molecule has 1 aromatic heterocycles. The Kier molecular flexibility index (Phi) is 6.78. The Morgan fingerprint density at radius 2 is 1.86 bits per heavy atom. The summed E-state index contributed by atoms with van der Waals surface area (Å²) in [6.07, 6.45) is 3.55. The Labute approximate surface area is 180 Å². The number of carbonyl (C=O) groups is 1. The van der Waals surface area contributed by atoms with Crippen LogP contribution >= 0.6 is 23.2 Å². The predicted octanol–water partition coefficient (Wildman–Crippen LogP) is 6.18. The topological polar surface area (TPSA) is 51.1 Å². The zero-order valence-corrected chi connectivity index (χ0v) is 17.8. The zero-order valence-electron chi connectivity index (χ0n) is 16.3. The highest BCUT2D eigenvalue weighted by atomic mass is 35.5.